The summed E-state index contributed by atoms with van der Waals surface area (Å²) in [4.78, 5) is 0. The first-order valence-corrected chi connectivity index (χ1v) is 6.06. The van der Waals surface area contributed by atoms with Crippen molar-refractivity contribution in [1.29, 1.82) is 0 Å². The molecule has 1 aromatic carbocycles. The maximum atomic E-state index is 6.13. The van der Waals surface area contributed by atoms with Crippen LogP contribution in [0, 0.1) is 0 Å². The number of hydrogen-bond donors (Lipinski definition) is 1. The fourth-order valence-corrected chi connectivity index (χ4v) is 1.91. The van der Waals surface area contributed by atoms with Crippen LogP contribution < -0.4 is 10.5 Å². The third-order valence-corrected chi connectivity index (χ3v) is 3.06. The Hall–Kier alpha value is -1.81. The summed E-state index contributed by atoms with van der Waals surface area (Å²) in [5.41, 5.74) is 8.50. The molecule has 0 saturated carbocycles. The Morgan fingerprint density at radius 2 is 2.06 bits per heavy atom. The largest absolute Gasteiger partial charge is 0.497 e. The minimum absolute atomic E-state index is 0.0424. The topological polar surface area (TPSA) is 53.1 Å². The predicted molar refractivity (Wildman–Crippen MR) is 71.5 cm³/mol. The second-order valence-electron chi connectivity index (χ2n) is 4.44. The van der Waals surface area contributed by atoms with E-state index >= 15 is 0 Å². The van der Waals surface area contributed by atoms with Crippen molar-refractivity contribution in [3.05, 3.63) is 47.8 Å². The summed E-state index contributed by atoms with van der Waals surface area (Å²) in [7, 11) is 3.58. The highest BCUT2D eigenvalue weighted by atomic mass is 16.5. The first-order chi connectivity index (χ1) is 8.69. The van der Waals surface area contributed by atoms with Gasteiger partial charge in [-0.1, -0.05) is 12.1 Å². The molecule has 1 aromatic heterocycles. The zero-order valence-electron chi connectivity index (χ0n) is 10.8. The van der Waals surface area contributed by atoms with E-state index in [4.69, 9.17) is 10.5 Å². The minimum Gasteiger partial charge on any atom is -0.497 e. The maximum absolute atomic E-state index is 6.13. The molecule has 0 radical (unpaired) electrons. The van der Waals surface area contributed by atoms with Crippen molar-refractivity contribution in [3.8, 4) is 5.75 Å². The summed E-state index contributed by atoms with van der Waals surface area (Å²) >= 11 is 0. The number of aryl methyl sites for hydroxylation is 2. The Kier molecular flexibility index (Phi) is 3.99. The lowest BCUT2D eigenvalue weighted by Crippen LogP contribution is -2.10. The lowest BCUT2D eigenvalue weighted by atomic mass is 10.0. The van der Waals surface area contributed by atoms with Gasteiger partial charge in [0.15, 0.2) is 0 Å². The molecule has 2 rings (SSSR count). The summed E-state index contributed by atoms with van der Waals surface area (Å²) in [5, 5.41) is 4.14. The summed E-state index contributed by atoms with van der Waals surface area (Å²) < 4.78 is 6.91. The van der Waals surface area contributed by atoms with Crippen molar-refractivity contribution in [3.63, 3.8) is 0 Å². The number of methoxy groups -OCH3 is 1. The van der Waals surface area contributed by atoms with Crippen molar-refractivity contribution < 1.29 is 4.74 Å². The molecule has 0 bridgehead atoms. The van der Waals surface area contributed by atoms with Crippen molar-refractivity contribution in [2.75, 3.05) is 7.11 Å². The lowest BCUT2D eigenvalue weighted by Gasteiger charge is -2.09. The Bertz CT molecular complexity index is 490. The summed E-state index contributed by atoms with van der Waals surface area (Å²) in [6.07, 6.45) is 5.68. The maximum Gasteiger partial charge on any atom is 0.118 e. The van der Waals surface area contributed by atoms with Gasteiger partial charge >= 0.3 is 0 Å². The van der Waals surface area contributed by atoms with E-state index < -0.39 is 0 Å². The number of rotatable bonds is 5. The van der Waals surface area contributed by atoms with Crippen molar-refractivity contribution in [1.82, 2.24) is 9.78 Å². The molecule has 0 saturated heterocycles. The standard InChI is InChI=1S/C14H19N3O/c1-17-10-12(9-16-17)14(15)8-5-11-3-6-13(18-2)7-4-11/h3-4,6-7,9-10,14H,5,8,15H2,1-2H3. The van der Waals surface area contributed by atoms with Crippen LogP contribution in [0.25, 0.3) is 0 Å². The van der Waals surface area contributed by atoms with Crippen LogP contribution in [0.15, 0.2) is 36.7 Å². The van der Waals surface area contributed by atoms with Gasteiger partial charge in [0.2, 0.25) is 0 Å². The van der Waals surface area contributed by atoms with Crippen molar-refractivity contribution in [2.24, 2.45) is 12.8 Å². The average Bonchev–Trinajstić information content (AvgIpc) is 2.83. The van der Waals surface area contributed by atoms with Gasteiger partial charge in [0.1, 0.15) is 5.75 Å². The molecule has 96 valence electrons. The Morgan fingerprint density at radius 1 is 1.33 bits per heavy atom. The fourth-order valence-electron chi connectivity index (χ4n) is 1.91. The van der Waals surface area contributed by atoms with Gasteiger partial charge in [-0.15, -0.1) is 0 Å². The molecule has 0 amide bonds. The van der Waals surface area contributed by atoms with Crippen LogP contribution in [0.2, 0.25) is 0 Å². The van der Waals surface area contributed by atoms with Crippen molar-refractivity contribution in [2.45, 2.75) is 18.9 Å². The van der Waals surface area contributed by atoms with E-state index in [9.17, 15) is 0 Å². The Morgan fingerprint density at radius 3 is 2.61 bits per heavy atom. The van der Waals surface area contributed by atoms with Gasteiger partial charge in [0.05, 0.1) is 13.3 Å². The molecule has 2 N–H and O–H groups in total. The van der Waals surface area contributed by atoms with Crippen molar-refractivity contribution >= 4 is 0 Å². The van der Waals surface area contributed by atoms with E-state index in [-0.39, 0.29) is 6.04 Å². The molecular weight excluding hydrogens is 226 g/mol. The first kappa shape index (κ1) is 12.6. The summed E-state index contributed by atoms with van der Waals surface area (Å²) in [5.74, 6) is 0.885. The van der Waals surface area contributed by atoms with Gasteiger partial charge in [0, 0.05) is 24.8 Å². The lowest BCUT2D eigenvalue weighted by molar-refractivity contribution is 0.414. The van der Waals surface area contributed by atoms with E-state index in [0.29, 0.717) is 0 Å². The van der Waals surface area contributed by atoms with Gasteiger partial charge in [-0.2, -0.15) is 5.10 Å². The number of nitrogens with two attached hydrogens (primary N) is 1. The van der Waals surface area contributed by atoms with Gasteiger partial charge in [0.25, 0.3) is 0 Å². The molecule has 1 atom stereocenters. The minimum atomic E-state index is 0.0424. The van der Waals surface area contributed by atoms with E-state index in [1.807, 2.05) is 31.6 Å². The van der Waals surface area contributed by atoms with Crippen LogP contribution in [0.5, 0.6) is 5.75 Å². The predicted octanol–water partition coefficient (Wildman–Crippen LogP) is 2.06. The molecule has 0 fully saturated rings. The molecule has 0 spiro atoms. The normalized spacial score (nSPS) is 12.4. The highest BCUT2D eigenvalue weighted by Crippen LogP contribution is 2.17. The zero-order chi connectivity index (χ0) is 13.0. The molecule has 0 aliphatic rings. The van der Waals surface area contributed by atoms with Crippen LogP contribution in [-0.2, 0) is 13.5 Å². The number of ether oxygens (including phenoxy) is 1. The molecular formula is C14H19N3O. The quantitative estimate of drug-likeness (QED) is 0.877. The van der Waals surface area contributed by atoms with Crippen LogP contribution in [0.3, 0.4) is 0 Å². The molecule has 4 heteroatoms. The van der Waals surface area contributed by atoms with Crippen LogP contribution in [-0.4, -0.2) is 16.9 Å². The summed E-state index contributed by atoms with van der Waals surface area (Å²) in [6, 6.07) is 8.15. The third kappa shape index (κ3) is 3.11. The Labute approximate surface area is 107 Å². The van der Waals surface area contributed by atoms with E-state index in [1.54, 1.807) is 11.8 Å². The number of benzene rings is 1. The third-order valence-electron chi connectivity index (χ3n) is 3.06. The first-order valence-electron chi connectivity index (χ1n) is 6.06. The fraction of sp³-hybridized carbons (Fsp3) is 0.357. The number of aromatic nitrogens is 2. The molecule has 1 unspecified atom stereocenters. The smallest absolute Gasteiger partial charge is 0.118 e. The average molecular weight is 245 g/mol. The van der Waals surface area contributed by atoms with Gasteiger partial charge in [-0.3, -0.25) is 4.68 Å². The SMILES string of the molecule is COc1ccc(CCC(N)c2cnn(C)c2)cc1. The molecule has 2 aromatic rings. The van der Waals surface area contributed by atoms with E-state index in [2.05, 4.69) is 17.2 Å². The molecule has 0 aliphatic heterocycles. The second-order valence-corrected chi connectivity index (χ2v) is 4.44. The van der Waals surface area contributed by atoms with Gasteiger partial charge < -0.3 is 10.5 Å². The van der Waals surface area contributed by atoms with Gasteiger partial charge in [-0.05, 0) is 30.5 Å². The van der Waals surface area contributed by atoms with Crippen LogP contribution in [0.4, 0.5) is 0 Å². The number of hydrogen-bond acceptors (Lipinski definition) is 3. The number of nitrogens with zero attached hydrogens (tertiary/aromatic N) is 2. The monoisotopic (exact) mass is 245 g/mol. The molecule has 18 heavy (non-hydrogen) atoms. The van der Waals surface area contributed by atoms with Crippen LogP contribution >= 0.6 is 0 Å². The van der Waals surface area contributed by atoms with E-state index in [0.717, 1.165) is 24.2 Å². The highest BCUT2D eigenvalue weighted by Gasteiger charge is 2.08. The second kappa shape index (κ2) is 5.69. The molecule has 0 aliphatic carbocycles. The van der Waals surface area contributed by atoms with Crippen LogP contribution in [0.1, 0.15) is 23.6 Å². The highest BCUT2D eigenvalue weighted by molar-refractivity contribution is 5.27. The zero-order valence-corrected chi connectivity index (χ0v) is 10.8. The molecule has 1 heterocycles. The Balaban J connectivity index is 1.90. The van der Waals surface area contributed by atoms with Gasteiger partial charge in [-0.25, -0.2) is 0 Å². The molecule has 4 nitrogen and oxygen atoms in total. The van der Waals surface area contributed by atoms with E-state index in [1.165, 1.54) is 5.56 Å². The summed E-state index contributed by atoms with van der Waals surface area (Å²) in [6.45, 7) is 0.